The van der Waals surface area contributed by atoms with Crippen LogP contribution in [0.25, 0.3) is 0 Å². The SMILES string of the molecule is Cn1cc(S)c(=O)[nH]c1=O. The standard InChI is InChI=1S/C5H6N2O2S/c1-7-2-3(10)4(8)6-5(7)9/h2,10H,1H3,(H,6,8,9). The molecule has 10 heavy (non-hydrogen) atoms. The van der Waals surface area contributed by atoms with Crippen molar-refractivity contribution in [2.24, 2.45) is 7.05 Å². The minimum atomic E-state index is -0.452. The third-order valence-electron chi connectivity index (χ3n) is 1.09. The summed E-state index contributed by atoms with van der Waals surface area (Å²) in [4.78, 5) is 23.6. The van der Waals surface area contributed by atoms with Crippen LogP contribution in [0.4, 0.5) is 0 Å². The molecule has 1 aromatic rings. The van der Waals surface area contributed by atoms with E-state index < -0.39 is 11.2 Å². The lowest BCUT2D eigenvalue weighted by atomic mass is 10.6. The normalized spacial score (nSPS) is 9.80. The number of thiol groups is 1. The van der Waals surface area contributed by atoms with Crippen LogP contribution in [0.3, 0.4) is 0 Å². The fourth-order valence-corrected chi connectivity index (χ4v) is 0.779. The molecule has 0 aromatic carbocycles. The fourth-order valence-electron chi connectivity index (χ4n) is 0.550. The summed E-state index contributed by atoms with van der Waals surface area (Å²) < 4.78 is 1.25. The summed E-state index contributed by atoms with van der Waals surface area (Å²) in [5.41, 5.74) is -0.880. The van der Waals surface area contributed by atoms with Gasteiger partial charge in [-0.3, -0.25) is 9.78 Å². The van der Waals surface area contributed by atoms with Gasteiger partial charge in [-0.2, -0.15) is 0 Å². The molecule has 0 bridgehead atoms. The fraction of sp³-hybridized carbons (Fsp3) is 0.200. The predicted octanol–water partition coefficient (Wildman–Crippen LogP) is -0.638. The maximum atomic E-state index is 10.7. The zero-order valence-corrected chi connectivity index (χ0v) is 6.18. The Bertz CT molecular complexity index is 320. The molecule has 1 aromatic heterocycles. The smallest absolute Gasteiger partial charge is 0.303 e. The van der Waals surface area contributed by atoms with E-state index in [0.717, 1.165) is 0 Å². The molecule has 0 aliphatic carbocycles. The third-order valence-corrected chi connectivity index (χ3v) is 1.41. The Balaban J connectivity index is 3.59. The van der Waals surface area contributed by atoms with Gasteiger partial charge in [0.2, 0.25) is 0 Å². The molecule has 54 valence electrons. The summed E-state index contributed by atoms with van der Waals surface area (Å²) >= 11 is 3.81. The summed E-state index contributed by atoms with van der Waals surface area (Å²) in [7, 11) is 1.54. The molecule has 1 N–H and O–H groups in total. The lowest BCUT2D eigenvalue weighted by Gasteiger charge is -1.94. The Morgan fingerprint density at radius 1 is 1.60 bits per heavy atom. The highest BCUT2D eigenvalue weighted by molar-refractivity contribution is 7.80. The van der Waals surface area contributed by atoms with Crippen molar-refractivity contribution in [3.05, 3.63) is 27.0 Å². The number of nitrogens with one attached hydrogen (secondary N) is 1. The molecule has 0 fully saturated rings. The van der Waals surface area contributed by atoms with Gasteiger partial charge in [-0.05, 0) is 0 Å². The van der Waals surface area contributed by atoms with Crippen molar-refractivity contribution in [1.29, 1.82) is 0 Å². The van der Waals surface area contributed by atoms with Crippen molar-refractivity contribution in [2.75, 3.05) is 0 Å². The summed E-state index contributed by atoms with van der Waals surface area (Å²) in [6.45, 7) is 0. The van der Waals surface area contributed by atoms with Crippen LogP contribution >= 0.6 is 12.6 Å². The highest BCUT2D eigenvalue weighted by Gasteiger charge is 1.94. The summed E-state index contributed by atoms with van der Waals surface area (Å²) in [5, 5.41) is 0. The van der Waals surface area contributed by atoms with Crippen molar-refractivity contribution in [1.82, 2.24) is 9.55 Å². The molecule has 0 radical (unpaired) electrons. The number of aryl methyl sites for hydroxylation is 1. The molecule has 0 amide bonds. The summed E-state index contributed by atoms with van der Waals surface area (Å²) in [5.74, 6) is 0. The maximum Gasteiger partial charge on any atom is 0.328 e. The van der Waals surface area contributed by atoms with Gasteiger partial charge in [-0.1, -0.05) is 0 Å². The van der Waals surface area contributed by atoms with Crippen LogP contribution in [-0.4, -0.2) is 9.55 Å². The number of nitrogens with zero attached hydrogens (tertiary/aromatic N) is 1. The molecule has 0 unspecified atom stereocenters. The van der Waals surface area contributed by atoms with E-state index >= 15 is 0 Å². The Hall–Kier alpha value is -0.970. The minimum Gasteiger partial charge on any atom is -0.303 e. The molecule has 0 saturated carbocycles. The summed E-state index contributed by atoms with van der Waals surface area (Å²) in [6, 6.07) is 0. The first-order valence-corrected chi connectivity index (χ1v) is 3.05. The van der Waals surface area contributed by atoms with E-state index in [2.05, 4.69) is 17.6 Å². The van der Waals surface area contributed by atoms with Gasteiger partial charge in [0.05, 0.1) is 4.90 Å². The largest absolute Gasteiger partial charge is 0.328 e. The molecule has 4 nitrogen and oxygen atoms in total. The van der Waals surface area contributed by atoms with Crippen LogP contribution in [-0.2, 0) is 7.05 Å². The average Bonchev–Trinajstić information content (AvgIpc) is 1.84. The topological polar surface area (TPSA) is 54.9 Å². The van der Waals surface area contributed by atoms with E-state index in [1.165, 1.54) is 17.8 Å². The molecule has 0 aliphatic heterocycles. The van der Waals surface area contributed by atoms with Crippen LogP contribution in [0, 0.1) is 0 Å². The van der Waals surface area contributed by atoms with Crippen molar-refractivity contribution in [2.45, 2.75) is 4.90 Å². The van der Waals surface area contributed by atoms with Crippen LogP contribution < -0.4 is 11.2 Å². The van der Waals surface area contributed by atoms with Gasteiger partial charge in [0.15, 0.2) is 0 Å². The van der Waals surface area contributed by atoms with Crippen LogP contribution in [0.15, 0.2) is 20.7 Å². The second-order valence-electron chi connectivity index (χ2n) is 1.88. The Morgan fingerprint density at radius 2 is 2.20 bits per heavy atom. The molecule has 0 spiro atoms. The molecule has 0 saturated heterocycles. The second-order valence-corrected chi connectivity index (χ2v) is 2.37. The quantitative estimate of drug-likeness (QED) is 0.493. The number of H-pyrrole nitrogens is 1. The van der Waals surface area contributed by atoms with Crippen molar-refractivity contribution < 1.29 is 0 Å². The number of hydrogen-bond acceptors (Lipinski definition) is 3. The minimum absolute atomic E-state index is 0.238. The van der Waals surface area contributed by atoms with Crippen molar-refractivity contribution in [3.63, 3.8) is 0 Å². The van der Waals surface area contributed by atoms with Crippen LogP contribution in [0.5, 0.6) is 0 Å². The van der Waals surface area contributed by atoms with Gasteiger partial charge in [-0.25, -0.2) is 4.79 Å². The Kier molecular flexibility index (Phi) is 1.67. The molecule has 1 rings (SSSR count). The van der Waals surface area contributed by atoms with E-state index in [4.69, 9.17) is 0 Å². The average molecular weight is 158 g/mol. The second kappa shape index (κ2) is 2.34. The third kappa shape index (κ3) is 1.13. The van der Waals surface area contributed by atoms with Gasteiger partial charge in [0.25, 0.3) is 5.56 Å². The van der Waals surface area contributed by atoms with Crippen LogP contribution in [0.1, 0.15) is 0 Å². The number of hydrogen-bond donors (Lipinski definition) is 2. The van der Waals surface area contributed by atoms with E-state index in [9.17, 15) is 9.59 Å². The molecular weight excluding hydrogens is 152 g/mol. The molecule has 0 aliphatic rings. The molecular formula is C5H6N2O2S. The monoisotopic (exact) mass is 158 g/mol. The Labute approximate surface area is 61.9 Å². The number of rotatable bonds is 0. The highest BCUT2D eigenvalue weighted by atomic mass is 32.1. The lowest BCUT2D eigenvalue weighted by Crippen LogP contribution is -2.27. The van der Waals surface area contributed by atoms with Crippen LogP contribution in [0.2, 0.25) is 0 Å². The highest BCUT2D eigenvalue weighted by Crippen LogP contribution is 1.89. The van der Waals surface area contributed by atoms with E-state index in [1.807, 2.05) is 0 Å². The first kappa shape index (κ1) is 7.14. The van der Waals surface area contributed by atoms with Gasteiger partial charge < -0.3 is 4.57 Å². The van der Waals surface area contributed by atoms with Crippen molar-refractivity contribution in [3.8, 4) is 0 Å². The lowest BCUT2D eigenvalue weighted by molar-refractivity contribution is 0.773. The number of aromatic nitrogens is 2. The molecule has 5 heteroatoms. The maximum absolute atomic E-state index is 10.7. The zero-order valence-electron chi connectivity index (χ0n) is 5.29. The summed E-state index contributed by atoms with van der Waals surface area (Å²) in [6.07, 6.45) is 1.37. The predicted molar refractivity (Wildman–Crippen MR) is 39.6 cm³/mol. The Morgan fingerprint density at radius 3 is 2.70 bits per heavy atom. The van der Waals surface area contributed by atoms with E-state index in [-0.39, 0.29) is 4.90 Å². The first-order chi connectivity index (χ1) is 4.61. The zero-order chi connectivity index (χ0) is 7.72. The van der Waals surface area contributed by atoms with E-state index in [1.54, 1.807) is 0 Å². The first-order valence-electron chi connectivity index (χ1n) is 2.60. The molecule has 0 atom stereocenters. The van der Waals surface area contributed by atoms with Gasteiger partial charge in [0.1, 0.15) is 0 Å². The van der Waals surface area contributed by atoms with Gasteiger partial charge in [0, 0.05) is 13.2 Å². The molecule has 1 heterocycles. The van der Waals surface area contributed by atoms with Gasteiger partial charge in [-0.15, -0.1) is 12.6 Å². The van der Waals surface area contributed by atoms with Crippen molar-refractivity contribution >= 4 is 12.6 Å². The van der Waals surface area contributed by atoms with E-state index in [0.29, 0.717) is 0 Å². The number of aromatic amines is 1. The van der Waals surface area contributed by atoms with Gasteiger partial charge >= 0.3 is 5.69 Å².